The van der Waals surface area contributed by atoms with Gasteiger partial charge in [0.25, 0.3) is 0 Å². The van der Waals surface area contributed by atoms with E-state index < -0.39 is 0 Å². The summed E-state index contributed by atoms with van der Waals surface area (Å²) in [4.78, 5) is 2.28. The number of hydrogen-bond donors (Lipinski definition) is 3. The van der Waals surface area contributed by atoms with Gasteiger partial charge < -0.3 is 26.1 Å². The van der Waals surface area contributed by atoms with Crippen LogP contribution in [-0.4, -0.2) is 41.6 Å². The molecule has 1 aliphatic rings. The number of nitrogens with zero attached hydrogens (tertiary/aromatic N) is 3. The van der Waals surface area contributed by atoms with Crippen LogP contribution < -0.4 is 16.0 Å². The molecule has 0 spiro atoms. The number of benzene rings is 1. The van der Waals surface area contributed by atoms with E-state index in [9.17, 15) is 0 Å². The Kier molecular flexibility index (Phi) is 6.37. The van der Waals surface area contributed by atoms with Gasteiger partial charge in [-0.25, -0.2) is 4.52 Å². The van der Waals surface area contributed by atoms with Crippen LogP contribution in [0.3, 0.4) is 0 Å². The number of aromatic nitrogens is 2. The van der Waals surface area contributed by atoms with Crippen LogP contribution in [0.1, 0.15) is 5.56 Å². The molecule has 0 radical (unpaired) electrons. The van der Waals surface area contributed by atoms with Crippen molar-refractivity contribution in [1.82, 2.24) is 9.61 Å². The molecule has 164 valence electrons. The largest absolute Gasteiger partial charge is 0.404 e. The molecule has 4 N–H and O–H groups in total. The third-order valence-electron chi connectivity index (χ3n) is 5.43. The number of hydrogen-bond acceptors (Lipinski definition) is 6. The number of morpholine rings is 1. The lowest BCUT2D eigenvalue weighted by atomic mass is 10.1. The van der Waals surface area contributed by atoms with Crippen LogP contribution in [0.25, 0.3) is 16.8 Å². The summed E-state index contributed by atoms with van der Waals surface area (Å²) in [5.41, 5.74) is 11.5. The first-order valence-electron chi connectivity index (χ1n) is 10.6. The molecule has 1 aromatic carbocycles. The zero-order valence-electron chi connectivity index (χ0n) is 18.2. The second-order valence-corrected chi connectivity index (χ2v) is 7.65. The lowest BCUT2D eigenvalue weighted by Crippen LogP contribution is -2.37. The Bertz CT molecular complexity index is 1180. The van der Waals surface area contributed by atoms with E-state index in [0.717, 1.165) is 41.4 Å². The summed E-state index contributed by atoms with van der Waals surface area (Å²) in [6.45, 7) is 8.76. The minimum atomic E-state index is 0.287. The van der Waals surface area contributed by atoms with Crippen molar-refractivity contribution in [1.29, 1.82) is 5.41 Å². The Morgan fingerprint density at radius 1 is 1.19 bits per heavy atom. The fourth-order valence-electron chi connectivity index (χ4n) is 3.63. The van der Waals surface area contributed by atoms with Crippen molar-refractivity contribution in [2.24, 2.45) is 5.73 Å². The summed E-state index contributed by atoms with van der Waals surface area (Å²) in [6, 6.07) is 14.6. The van der Waals surface area contributed by atoms with Gasteiger partial charge in [0.15, 0.2) is 0 Å². The van der Waals surface area contributed by atoms with Crippen molar-refractivity contribution >= 4 is 22.7 Å². The number of aryl methyl sites for hydroxylation is 1. The molecule has 7 nitrogen and oxygen atoms in total. The SMILES string of the molecule is C=C/C(=C\N)C(=N)/C=C\Nc1cc(N2CCOCC2)n2nc(-c3ccc(C)cc3)cc2c1. The third-order valence-corrected chi connectivity index (χ3v) is 5.43. The predicted octanol–water partition coefficient (Wildman–Crippen LogP) is 4.12. The highest BCUT2D eigenvalue weighted by atomic mass is 16.5. The van der Waals surface area contributed by atoms with Crippen LogP contribution in [0.2, 0.25) is 0 Å². The highest BCUT2D eigenvalue weighted by molar-refractivity contribution is 6.08. The summed E-state index contributed by atoms with van der Waals surface area (Å²) in [6.07, 6.45) is 6.34. The van der Waals surface area contributed by atoms with Gasteiger partial charge in [-0.1, -0.05) is 42.5 Å². The second-order valence-electron chi connectivity index (χ2n) is 7.65. The van der Waals surface area contributed by atoms with Gasteiger partial charge in [0.1, 0.15) is 5.82 Å². The number of ether oxygens (including phenoxy) is 1. The van der Waals surface area contributed by atoms with Crippen molar-refractivity contribution in [3.63, 3.8) is 0 Å². The van der Waals surface area contributed by atoms with E-state index in [1.165, 1.54) is 11.8 Å². The van der Waals surface area contributed by atoms with Crippen LogP contribution >= 0.6 is 0 Å². The second kappa shape index (κ2) is 9.53. The first-order chi connectivity index (χ1) is 15.6. The maximum Gasteiger partial charge on any atom is 0.132 e. The minimum absolute atomic E-state index is 0.287. The van der Waals surface area contributed by atoms with Gasteiger partial charge in [0, 0.05) is 48.4 Å². The molecule has 0 unspecified atom stereocenters. The molecule has 0 saturated carbocycles. The van der Waals surface area contributed by atoms with Crippen molar-refractivity contribution in [3.05, 3.63) is 84.7 Å². The monoisotopic (exact) mass is 428 g/mol. The maximum atomic E-state index is 8.08. The van der Waals surface area contributed by atoms with Crippen molar-refractivity contribution < 1.29 is 4.74 Å². The highest BCUT2D eigenvalue weighted by Crippen LogP contribution is 2.28. The minimum Gasteiger partial charge on any atom is -0.404 e. The Morgan fingerprint density at radius 2 is 1.94 bits per heavy atom. The molecule has 3 aromatic rings. The summed E-state index contributed by atoms with van der Waals surface area (Å²) >= 11 is 0. The maximum absolute atomic E-state index is 8.08. The van der Waals surface area contributed by atoms with Gasteiger partial charge in [0.05, 0.1) is 30.1 Å². The molecular formula is C25H28N6O. The average molecular weight is 429 g/mol. The Hall–Kier alpha value is -3.84. The normalized spacial score (nSPS) is 14.8. The molecule has 0 aliphatic carbocycles. The topological polar surface area (TPSA) is 91.7 Å². The van der Waals surface area contributed by atoms with Gasteiger partial charge >= 0.3 is 0 Å². The number of nitrogens with one attached hydrogen (secondary N) is 2. The lowest BCUT2D eigenvalue weighted by molar-refractivity contribution is 0.122. The molecule has 0 atom stereocenters. The Morgan fingerprint density at radius 3 is 2.62 bits per heavy atom. The van der Waals surface area contributed by atoms with E-state index in [0.29, 0.717) is 18.8 Å². The highest BCUT2D eigenvalue weighted by Gasteiger charge is 2.17. The van der Waals surface area contributed by atoms with E-state index in [-0.39, 0.29) is 5.71 Å². The number of nitrogens with two attached hydrogens (primary N) is 1. The van der Waals surface area contributed by atoms with Crippen LogP contribution in [-0.2, 0) is 4.74 Å². The number of rotatable bonds is 7. The van der Waals surface area contributed by atoms with E-state index in [4.69, 9.17) is 21.0 Å². The van der Waals surface area contributed by atoms with E-state index in [1.807, 2.05) is 4.52 Å². The van der Waals surface area contributed by atoms with Gasteiger partial charge in [0.2, 0.25) is 0 Å². The van der Waals surface area contributed by atoms with Crippen molar-refractivity contribution in [2.45, 2.75) is 6.92 Å². The molecular weight excluding hydrogens is 400 g/mol. The fourth-order valence-corrected chi connectivity index (χ4v) is 3.63. The molecule has 1 fully saturated rings. The van der Waals surface area contributed by atoms with Gasteiger partial charge in [-0.3, -0.25) is 0 Å². The van der Waals surface area contributed by atoms with Crippen LogP contribution in [0.5, 0.6) is 0 Å². The molecule has 0 amide bonds. The fraction of sp³-hybridized carbons (Fsp3) is 0.200. The Balaban J connectivity index is 1.69. The lowest BCUT2D eigenvalue weighted by Gasteiger charge is -2.29. The molecule has 32 heavy (non-hydrogen) atoms. The third kappa shape index (κ3) is 4.58. The predicted molar refractivity (Wildman–Crippen MR) is 131 cm³/mol. The Labute approximate surface area is 188 Å². The van der Waals surface area contributed by atoms with Crippen LogP contribution in [0, 0.1) is 12.3 Å². The first-order valence-corrected chi connectivity index (χ1v) is 10.6. The van der Waals surface area contributed by atoms with E-state index in [2.05, 4.69) is 66.2 Å². The summed E-state index contributed by atoms with van der Waals surface area (Å²) < 4.78 is 7.53. The quantitative estimate of drug-likeness (QED) is 0.389. The smallest absolute Gasteiger partial charge is 0.132 e. The average Bonchev–Trinajstić information content (AvgIpc) is 3.24. The van der Waals surface area contributed by atoms with E-state index in [1.54, 1.807) is 18.4 Å². The van der Waals surface area contributed by atoms with Crippen LogP contribution in [0.4, 0.5) is 11.5 Å². The van der Waals surface area contributed by atoms with Gasteiger partial charge in [-0.2, -0.15) is 5.10 Å². The standard InChI is InChI=1S/C25H28N6O/c1-3-19(17-26)23(27)8-9-28-21-14-22-16-24(20-6-4-18(2)5-7-20)29-31(22)25(15-21)30-10-12-32-13-11-30/h3-9,14-17,27-28H,1,10-13,26H2,2H3/b9-8-,19-17+,27-23?. The number of anilines is 2. The molecule has 4 rings (SSSR count). The molecule has 1 aliphatic heterocycles. The molecule has 1 saturated heterocycles. The number of fused-ring (bicyclic) bond motifs is 1. The molecule has 3 heterocycles. The summed E-state index contributed by atoms with van der Waals surface area (Å²) in [5, 5.41) is 16.3. The van der Waals surface area contributed by atoms with Gasteiger partial charge in [-0.15, -0.1) is 0 Å². The number of pyridine rings is 1. The molecule has 0 bridgehead atoms. The van der Waals surface area contributed by atoms with E-state index >= 15 is 0 Å². The van der Waals surface area contributed by atoms with Crippen LogP contribution in [0.15, 0.2) is 79.2 Å². The van der Waals surface area contributed by atoms with Crippen molar-refractivity contribution in [3.8, 4) is 11.3 Å². The first kappa shape index (κ1) is 21.4. The molecule has 7 heteroatoms. The van der Waals surface area contributed by atoms with Crippen molar-refractivity contribution in [2.75, 3.05) is 36.5 Å². The summed E-state index contributed by atoms with van der Waals surface area (Å²) in [5.74, 6) is 1.00. The molecule has 2 aromatic heterocycles. The zero-order chi connectivity index (χ0) is 22.5. The van der Waals surface area contributed by atoms with Gasteiger partial charge in [-0.05, 0) is 25.1 Å². The number of allylic oxidation sites excluding steroid dienone is 3. The summed E-state index contributed by atoms with van der Waals surface area (Å²) in [7, 11) is 0. The zero-order valence-corrected chi connectivity index (χ0v) is 18.2.